The number of nitrogens with one attached hydrogen (secondary N) is 1. The first-order valence-corrected chi connectivity index (χ1v) is 3.43. The van der Waals surface area contributed by atoms with Gasteiger partial charge in [-0.2, -0.15) is 13.2 Å². The molecule has 0 aliphatic rings. The minimum absolute atomic E-state index is 0.0160. The van der Waals surface area contributed by atoms with E-state index in [0.717, 1.165) is 0 Å². The van der Waals surface area contributed by atoms with Crippen LogP contribution in [-0.2, 0) is 9.63 Å². The standard InChI is InChI=1S/C6H11F3N2O2/c1-11(2)3-5(12)10-13-4-6(7,8)9/h3-4H2,1-2H3,(H,10,12). The van der Waals surface area contributed by atoms with Gasteiger partial charge in [-0.3, -0.25) is 9.63 Å². The second-order valence-corrected chi connectivity index (χ2v) is 2.67. The number of halogens is 3. The van der Waals surface area contributed by atoms with Crippen molar-refractivity contribution in [2.45, 2.75) is 6.18 Å². The van der Waals surface area contributed by atoms with Crippen molar-refractivity contribution < 1.29 is 22.8 Å². The molecule has 0 aromatic carbocycles. The molecule has 13 heavy (non-hydrogen) atoms. The Morgan fingerprint density at radius 3 is 2.38 bits per heavy atom. The van der Waals surface area contributed by atoms with Crippen molar-refractivity contribution in [2.75, 3.05) is 27.2 Å². The topological polar surface area (TPSA) is 41.6 Å². The molecule has 0 unspecified atom stereocenters. The van der Waals surface area contributed by atoms with Gasteiger partial charge in [0.2, 0.25) is 0 Å². The molecule has 0 rings (SSSR count). The van der Waals surface area contributed by atoms with Gasteiger partial charge in [-0.05, 0) is 14.1 Å². The molecule has 0 aliphatic heterocycles. The van der Waals surface area contributed by atoms with Crippen LogP contribution < -0.4 is 5.48 Å². The van der Waals surface area contributed by atoms with Crippen LogP contribution in [0, 0.1) is 0 Å². The van der Waals surface area contributed by atoms with Gasteiger partial charge in [0.15, 0.2) is 6.61 Å². The van der Waals surface area contributed by atoms with E-state index in [0.29, 0.717) is 0 Å². The van der Waals surface area contributed by atoms with E-state index in [9.17, 15) is 18.0 Å². The summed E-state index contributed by atoms with van der Waals surface area (Å²) < 4.78 is 34.4. The zero-order valence-corrected chi connectivity index (χ0v) is 7.31. The number of rotatable bonds is 4. The number of likely N-dealkylation sites (N-methyl/N-ethyl adjacent to an activating group) is 1. The maximum atomic E-state index is 11.5. The van der Waals surface area contributed by atoms with Crippen molar-refractivity contribution in [2.24, 2.45) is 0 Å². The summed E-state index contributed by atoms with van der Waals surface area (Å²) >= 11 is 0. The third kappa shape index (κ3) is 9.09. The van der Waals surface area contributed by atoms with Crippen LogP contribution in [0.4, 0.5) is 13.2 Å². The van der Waals surface area contributed by atoms with Crippen LogP contribution in [0.5, 0.6) is 0 Å². The van der Waals surface area contributed by atoms with Gasteiger partial charge in [-0.25, -0.2) is 5.48 Å². The van der Waals surface area contributed by atoms with E-state index in [-0.39, 0.29) is 6.54 Å². The van der Waals surface area contributed by atoms with Crippen molar-refractivity contribution >= 4 is 5.91 Å². The monoisotopic (exact) mass is 200 g/mol. The van der Waals surface area contributed by atoms with Crippen LogP contribution in [0.1, 0.15) is 0 Å². The normalized spacial score (nSPS) is 11.8. The van der Waals surface area contributed by atoms with Gasteiger partial charge in [0.25, 0.3) is 5.91 Å². The predicted molar refractivity (Wildman–Crippen MR) is 38.7 cm³/mol. The molecule has 0 aliphatic carbocycles. The summed E-state index contributed by atoms with van der Waals surface area (Å²) in [6.07, 6.45) is -4.43. The molecule has 0 aromatic rings. The fraction of sp³-hybridized carbons (Fsp3) is 0.833. The van der Waals surface area contributed by atoms with Crippen LogP contribution in [0.2, 0.25) is 0 Å². The van der Waals surface area contributed by atoms with Crippen molar-refractivity contribution in [1.82, 2.24) is 10.4 Å². The average Bonchev–Trinajstić information content (AvgIpc) is 1.81. The first-order chi connectivity index (χ1) is 5.81. The molecule has 0 atom stereocenters. The molecule has 78 valence electrons. The summed E-state index contributed by atoms with van der Waals surface area (Å²) in [5.41, 5.74) is 1.67. The lowest BCUT2D eigenvalue weighted by Crippen LogP contribution is -2.35. The lowest BCUT2D eigenvalue weighted by atomic mass is 10.6. The Labute approximate surface area is 73.6 Å². The number of hydrogen-bond donors (Lipinski definition) is 1. The summed E-state index contributed by atoms with van der Waals surface area (Å²) in [6, 6.07) is 0. The fourth-order valence-corrected chi connectivity index (χ4v) is 0.518. The van der Waals surface area contributed by atoms with Crippen LogP contribution in [-0.4, -0.2) is 44.2 Å². The second-order valence-electron chi connectivity index (χ2n) is 2.67. The highest BCUT2D eigenvalue weighted by molar-refractivity contribution is 5.76. The Hall–Kier alpha value is -0.820. The number of hydroxylamine groups is 1. The van der Waals surface area contributed by atoms with Gasteiger partial charge in [-0.15, -0.1) is 0 Å². The van der Waals surface area contributed by atoms with Gasteiger partial charge in [0, 0.05) is 0 Å². The predicted octanol–water partition coefficient (Wildman–Crippen LogP) is 0.158. The highest BCUT2D eigenvalue weighted by atomic mass is 19.4. The molecule has 1 amide bonds. The highest BCUT2D eigenvalue weighted by Crippen LogP contribution is 2.13. The maximum absolute atomic E-state index is 11.5. The molecule has 1 N–H and O–H groups in total. The molecule has 0 bridgehead atoms. The molecule has 0 heterocycles. The first kappa shape index (κ1) is 12.2. The molecular weight excluding hydrogens is 189 g/mol. The molecule has 4 nitrogen and oxygen atoms in total. The third-order valence-corrected chi connectivity index (χ3v) is 0.882. The van der Waals surface area contributed by atoms with E-state index in [4.69, 9.17) is 0 Å². The van der Waals surface area contributed by atoms with E-state index < -0.39 is 18.7 Å². The fourth-order valence-electron chi connectivity index (χ4n) is 0.518. The average molecular weight is 200 g/mol. The number of nitrogens with zero attached hydrogens (tertiary/aromatic N) is 1. The molecule has 0 fully saturated rings. The number of carbonyl (C=O) groups is 1. The molecule has 0 saturated heterocycles. The van der Waals surface area contributed by atoms with Crippen molar-refractivity contribution in [1.29, 1.82) is 0 Å². The largest absolute Gasteiger partial charge is 0.414 e. The van der Waals surface area contributed by atoms with E-state index >= 15 is 0 Å². The Balaban J connectivity index is 3.49. The Morgan fingerprint density at radius 1 is 1.46 bits per heavy atom. The lowest BCUT2D eigenvalue weighted by molar-refractivity contribution is -0.191. The van der Waals surface area contributed by atoms with E-state index in [1.807, 2.05) is 0 Å². The molecule has 0 saturated carbocycles. The number of alkyl halides is 3. The summed E-state index contributed by atoms with van der Waals surface area (Å²) in [6.45, 7) is -1.50. The van der Waals surface area contributed by atoms with E-state index in [1.54, 1.807) is 19.6 Å². The number of amides is 1. The number of carbonyl (C=O) groups excluding carboxylic acids is 1. The zero-order valence-electron chi connectivity index (χ0n) is 7.31. The highest BCUT2D eigenvalue weighted by Gasteiger charge is 2.28. The molecule has 0 radical (unpaired) electrons. The first-order valence-electron chi connectivity index (χ1n) is 3.43. The van der Waals surface area contributed by atoms with E-state index in [2.05, 4.69) is 4.84 Å². The summed E-state index contributed by atoms with van der Waals surface area (Å²) in [5.74, 6) is -0.616. The summed E-state index contributed by atoms with van der Waals surface area (Å²) in [4.78, 5) is 16.1. The minimum Gasteiger partial charge on any atom is -0.301 e. The van der Waals surface area contributed by atoms with Crippen LogP contribution in [0.25, 0.3) is 0 Å². The third-order valence-electron chi connectivity index (χ3n) is 0.882. The van der Waals surface area contributed by atoms with Crippen LogP contribution in [0.3, 0.4) is 0 Å². The van der Waals surface area contributed by atoms with Gasteiger partial charge < -0.3 is 4.90 Å². The SMILES string of the molecule is CN(C)CC(=O)NOCC(F)(F)F. The van der Waals surface area contributed by atoms with Crippen LogP contribution >= 0.6 is 0 Å². The van der Waals surface area contributed by atoms with Crippen molar-refractivity contribution in [3.8, 4) is 0 Å². The molecular formula is C6H11F3N2O2. The van der Waals surface area contributed by atoms with Gasteiger partial charge >= 0.3 is 6.18 Å². The molecule has 0 spiro atoms. The van der Waals surface area contributed by atoms with Crippen molar-refractivity contribution in [3.05, 3.63) is 0 Å². The van der Waals surface area contributed by atoms with Gasteiger partial charge in [-0.1, -0.05) is 0 Å². The van der Waals surface area contributed by atoms with Gasteiger partial charge in [0.05, 0.1) is 6.54 Å². The van der Waals surface area contributed by atoms with Crippen LogP contribution in [0.15, 0.2) is 0 Å². The van der Waals surface area contributed by atoms with E-state index in [1.165, 1.54) is 4.90 Å². The van der Waals surface area contributed by atoms with Crippen molar-refractivity contribution in [3.63, 3.8) is 0 Å². The smallest absolute Gasteiger partial charge is 0.301 e. The Kier molecular flexibility index (Phi) is 4.71. The zero-order chi connectivity index (χ0) is 10.5. The minimum atomic E-state index is -4.43. The lowest BCUT2D eigenvalue weighted by Gasteiger charge is -2.10. The molecule has 0 aromatic heterocycles. The summed E-state index contributed by atoms with van der Waals surface area (Å²) in [7, 11) is 3.23. The Morgan fingerprint density at radius 2 is 2.00 bits per heavy atom. The van der Waals surface area contributed by atoms with Gasteiger partial charge in [0.1, 0.15) is 0 Å². The summed E-state index contributed by atoms with van der Waals surface area (Å²) in [5, 5.41) is 0. The number of hydrogen-bond acceptors (Lipinski definition) is 3. The second kappa shape index (κ2) is 5.03. The maximum Gasteiger partial charge on any atom is 0.414 e. The Bertz CT molecular complexity index is 170. The quantitative estimate of drug-likeness (QED) is 0.657. The molecule has 7 heteroatoms.